The molecule has 31 heavy (non-hydrogen) atoms. The summed E-state index contributed by atoms with van der Waals surface area (Å²) in [5, 5.41) is 6.27. The van der Waals surface area contributed by atoms with Gasteiger partial charge in [-0.15, -0.1) is 0 Å². The number of hydrogen-bond acceptors (Lipinski definition) is 5. The fourth-order valence-electron chi connectivity index (χ4n) is 4.01. The van der Waals surface area contributed by atoms with E-state index in [1.54, 1.807) is 0 Å². The van der Waals surface area contributed by atoms with Crippen molar-refractivity contribution < 1.29 is 4.79 Å². The first-order valence-electron chi connectivity index (χ1n) is 11.4. The molecule has 0 bridgehead atoms. The summed E-state index contributed by atoms with van der Waals surface area (Å²) in [4.78, 5) is 24.6. The topological polar surface area (TPSA) is 79.5 Å². The van der Waals surface area contributed by atoms with Crippen LogP contribution in [0.1, 0.15) is 43.4 Å². The highest BCUT2D eigenvalue weighted by atomic mass is 16.1. The van der Waals surface area contributed by atoms with Crippen LogP contribution in [0.3, 0.4) is 0 Å². The van der Waals surface area contributed by atoms with Gasteiger partial charge in [-0.05, 0) is 75.5 Å². The number of carbonyl (C=O) groups is 1. The number of hydrogen-bond donors (Lipinski definition) is 2. The SMILES string of the molecule is Cc1ccc(-c2cncc(CN3CCCC3)c2)cc1C(=NCC1CN1)C(=O)NC(C)C. The Kier molecular flexibility index (Phi) is 6.78. The van der Waals surface area contributed by atoms with Crippen molar-refractivity contribution in [3.8, 4) is 11.1 Å². The Bertz CT molecular complexity index is 958. The van der Waals surface area contributed by atoms with E-state index in [-0.39, 0.29) is 11.9 Å². The Hall–Kier alpha value is -2.57. The van der Waals surface area contributed by atoms with E-state index in [1.165, 1.54) is 31.5 Å². The van der Waals surface area contributed by atoms with Crippen molar-refractivity contribution in [1.82, 2.24) is 20.5 Å². The number of pyridine rings is 1. The monoisotopic (exact) mass is 419 g/mol. The van der Waals surface area contributed by atoms with Crippen molar-refractivity contribution in [2.45, 2.75) is 52.2 Å². The van der Waals surface area contributed by atoms with Gasteiger partial charge in [0, 0.05) is 48.7 Å². The van der Waals surface area contributed by atoms with Crippen LogP contribution in [0.4, 0.5) is 0 Å². The highest BCUT2D eigenvalue weighted by Crippen LogP contribution is 2.24. The van der Waals surface area contributed by atoms with Crippen LogP contribution >= 0.6 is 0 Å². The molecule has 2 aliphatic rings. The molecule has 2 N–H and O–H groups in total. The smallest absolute Gasteiger partial charge is 0.270 e. The van der Waals surface area contributed by atoms with Crippen molar-refractivity contribution >= 4 is 11.6 Å². The largest absolute Gasteiger partial charge is 0.349 e. The number of benzene rings is 1. The lowest BCUT2D eigenvalue weighted by Gasteiger charge is -2.16. The van der Waals surface area contributed by atoms with Crippen LogP contribution in [0, 0.1) is 6.92 Å². The number of rotatable bonds is 8. The van der Waals surface area contributed by atoms with Crippen molar-refractivity contribution in [3.05, 3.63) is 53.3 Å². The van der Waals surface area contributed by atoms with Crippen LogP contribution in [-0.2, 0) is 11.3 Å². The van der Waals surface area contributed by atoms with Gasteiger partial charge in [0.25, 0.3) is 5.91 Å². The van der Waals surface area contributed by atoms with E-state index in [9.17, 15) is 4.79 Å². The normalized spacial score (nSPS) is 19.1. The lowest BCUT2D eigenvalue weighted by atomic mass is 9.96. The lowest BCUT2D eigenvalue weighted by molar-refractivity contribution is -0.115. The predicted octanol–water partition coefficient (Wildman–Crippen LogP) is 2.94. The molecule has 1 unspecified atom stereocenters. The Labute approximate surface area is 185 Å². The maximum absolute atomic E-state index is 13.0. The molecule has 1 aromatic heterocycles. The fourth-order valence-corrected chi connectivity index (χ4v) is 4.01. The Balaban J connectivity index is 1.63. The number of amides is 1. The average molecular weight is 420 g/mol. The predicted molar refractivity (Wildman–Crippen MR) is 125 cm³/mol. The quantitative estimate of drug-likeness (QED) is 0.509. The van der Waals surface area contributed by atoms with Gasteiger partial charge in [-0.3, -0.25) is 19.7 Å². The fraction of sp³-hybridized carbons (Fsp3) is 0.480. The zero-order valence-corrected chi connectivity index (χ0v) is 18.8. The maximum atomic E-state index is 13.0. The summed E-state index contributed by atoms with van der Waals surface area (Å²) >= 11 is 0. The number of nitrogens with one attached hydrogen (secondary N) is 2. The summed E-state index contributed by atoms with van der Waals surface area (Å²) < 4.78 is 0. The molecule has 2 fully saturated rings. The van der Waals surface area contributed by atoms with E-state index in [0.717, 1.165) is 35.3 Å². The second-order valence-corrected chi connectivity index (χ2v) is 9.02. The van der Waals surface area contributed by atoms with Crippen LogP contribution in [0.25, 0.3) is 11.1 Å². The highest BCUT2D eigenvalue weighted by molar-refractivity contribution is 6.45. The second kappa shape index (κ2) is 9.71. The van der Waals surface area contributed by atoms with Crippen LogP contribution in [0.2, 0.25) is 0 Å². The molecule has 4 rings (SSSR count). The molecule has 2 aliphatic heterocycles. The van der Waals surface area contributed by atoms with E-state index in [0.29, 0.717) is 18.3 Å². The first-order valence-corrected chi connectivity index (χ1v) is 11.4. The van der Waals surface area contributed by atoms with Gasteiger partial charge in [-0.1, -0.05) is 12.1 Å². The Morgan fingerprint density at radius 3 is 2.71 bits per heavy atom. The van der Waals surface area contributed by atoms with Crippen molar-refractivity contribution in [3.63, 3.8) is 0 Å². The van der Waals surface area contributed by atoms with Gasteiger partial charge < -0.3 is 10.6 Å². The molecular weight excluding hydrogens is 386 g/mol. The molecule has 2 saturated heterocycles. The van der Waals surface area contributed by atoms with Gasteiger partial charge in [0.1, 0.15) is 5.71 Å². The molecule has 1 amide bonds. The minimum absolute atomic E-state index is 0.0618. The van der Waals surface area contributed by atoms with Gasteiger partial charge >= 0.3 is 0 Å². The zero-order chi connectivity index (χ0) is 21.8. The summed E-state index contributed by atoms with van der Waals surface area (Å²) in [6.07, 6.45) is 6.43. The van der Waals surface area contributed by atoms with Crippen LogP contribution in [0.5, 0.6) is 0 Å². The van der Waals surface area contributed by atoms with Gasteiger partial charge in [-0.2, -0.15) is 0 Å². The second-order valence-electron chi connectivity index (χ2n) is 9.02. The van der Waals surface area contributed by atoms with Gasteiger partial charge in [0.2, 0.25) is 0 Å². The average Bonchev–Trinajstić information content (AvgIpc) is 3.43. The summed E-state index contributed by atoms with van der Waals surface area (Å²) in [5.41, 5.74) is 5.82. The third kappa shape index (κ3) is 5.77. The summed E-state index contributed by atoms with van der Waals surface area (Å²) in [5.74, 6) is -0.114. The van der Waals surface area contributed by atoms with Gasteiger partial charge in [0.05, 0.1) is 6.54 Å². The molecule has 6 nitrogen and oxygen atoms in total. The molecule has 0 spiro atoms. The molecular formula is C25H33N5O. The molecule has 1 aromatic carbocycles. The van der Waals surface area contributed by atoms with E-state index in [4.69, 9.17) is 4.99 Å². The van der Waals surface area contributed by atoms with E-state index in [2.05, 4.69) is 44.8 Å². The van der Waals surface area contributed by atoms with Crippen molar-refractivity contribution in [2.75, 3.05) is 26.2 Å². The lowest BCUT2D eigenvalue weighted by Crippen LogP contribution is -2.37. The molecule has 164 valence electrons. The molecule has 2 aromatic rings. The number of aryl methyl sites for hydroxylation is 1. The number of aliphatic imine (C=N–C) groups is 1. The van der Waals surface area contributed by atoms with Crippen LogP contribution in [-0.4, -0.2) is 59.8 Å². The minimum Gasteiger partial charge on any atom is -0.349 e. The first kappa shape index (κ1) is 21.7. The molecule has 0 saturated carbocycles. The Morgan fingerprint density at radius 1 is 1.23 bits per heavy atom. The van der Waals surface area contributed by atoms with Crippen LogP contribution < -0.4 is 10.6 Å². The molecule has 6 heteroatoms. The van der Waals surface area contributed by atoms with Crippen molar-refractivity contribution in [2.24, 2.45) is 4.99 Å². The summed E-state index contributed by atoms with van der Waals surface area (Å²) in [6.45, 7) is 10.8. The van der Waals surface area contributed by atoms with Gasteiger partial charge in [0.15, 0.2) is 0 Å². The van der Waals surface area contributed by atoms with Crippen LogP contribution in [0.15, 0.2) is 41.7 Å². The number of aromatic nitrogens is 1. The molecule has 1 atom stereocenters. The number of likely N-dealkylation sites (tertiary alicyclic amines) is 1. The maximum Gasteiger partial charge on any atom is 0.270 e. The summed E-state index contributed by atoms with van der Waals surface area (Å²) in [7, 11) is 0. The van der Waals surface area contributed by atoms with Gasteiger partial charge in [-0.25, -0.2) is 0 Å². The van der Waals surface area contributed by atoms with E-state index < -0.39 is 0 Å². The Morgan fingerprint density at radius 2 is 2.00 bits per heavy atom. The minimum atomic E-state index is -0.114. The van der Waals surface area contributed by atoms with E-state index >= 15 is 0 Å². The molecule has 0 aliphatic carbocycles. The number of carbonyl (C=O) groups excluding carboxylic acids is 1. The molecule has 0 radical (unpaired) electrons. The number of nitrogens with zero attached hydrogens (tertiary/aromatic N) is 3. The first-order chi connectivity index (χ1) is 15.0. The third-order valence-corrected chi connectivity index (χ3v) is 5.82. The van der Waals surface area contributed by atoms with Crippen molar-refractivity contribution in [1.29, 1.82) is 0 Å². The third-order valence-electron chi connectivity index (χ3n) is 5.82. The highest BCUT2D eigenvalue weighted by Gasteiger charge is 2.23. The standard InChI is InChI=1S/C25H33N5O/c1-17(2)29-25(31)24(28-15-22-14-27-22)23-11-20(7-6-18(23)3)21-10-19(12-26-13-21)16-30-8-4-5-9-30/h6-7,10-13,17,22,27H,4-5,8-9,14-16H2,1-3H3,(H,29,31). The summed E-state index contributed by atoms with van der Waals surface area (Å²) in [6, 6.07) is 8.94. The molecule has 3 heterocycles. The zero-order valence-electron chi connectivity index (χ0n) is 18.8. The van der Waals surface area contributed by atoms with E-state index in [1.807, 2.05) is 33.2 Å².